The molecule has 2 rings (SSSR count). The molecule has 1 aliphatic carbocycles. The van der Waals surface area contributed by atoms with E-state index < -0.39 is 0 Å². The molecule has 1 heterocycles. The van der Waals surface area contributed by atoms with E-state index in [4.69, 9.17) is 14.2 Å². The maximum Gasteiger partial charge on any atom is 0.157 e. The molecule has 126 valence electrons. The number of allylic oxidation sites excluding steroid dienone is 1. The van der Waals surface area contributed by atoms with Crippen LogP contribution in [0, 0.1) is 5.41 Å². The summed E-state index contributed by atoms with van der Waals surface area (Å²) in [6.07, 6.45) is 6.28. The van der Waals surface area contributed by atoms with E-state index in [1.54, 1.807) is 0 Å². The van der Waals surface area contributed by atoms with Crippen LogP contribution in [0.25, 0.3) is 0 Å². The molecule has 0 aromatic heterocycles. The van der Waals surface area contributed by atoms with Gasteiger partial charge in [-0.1, -0.05) is 20.8 Å². The predicted molar refractivity (Wildman–Crippen MR) is 88.6 cm³/mol. The first-order valence-electron chi connectivity index (χ1n) is 8.28. The molecule has 1 unspecified atom stereocenters. The van der Waals surface area contributed by atoms with Gasteiger partial charge >= 0.3 is 0 Å². The second-order valence-electron chi connectivity index (χ2n) is 7.32. The van der Waals surface area contributed by atoms with Gasteiger partial charge in [-0.2, -0.15) is 0 Å². The first-order valence-corrected chi connectivity index (χ1v) is 8.28. The molecule has 4 nitrogen and oxygen atoms in total. The lowest BCUT2D eigenvalue weighted by Crippen LogP contribution is -2.47. The average molecular weight is 309 g/mol. The Kier molecular flexibility index (Phi) is 5.36. The fourth-order valence-corrected chi connectivity index (χ4v) is 3.45. The third kappa shape index (κ3) is 3.55. The molecular weight excluding hydrogens is 278 g/mol. The van der Waals surface area contributed by atoms with Crippen molar-refractivity contribution in [3.8, 4) is 0 Å². The molecule has 2 aliphatic rings. The van der Waals surface area contributed by atoms with Crippen molar-refractivity contribution in [3.63, 3.8) is 0 Å². The summed E-state index contributed by atoms with van der Waals surface area (Å²) in [5.41, 5.74) is 1.35. The van der Waals surface area contributed by atoms with E-state index in [2.05, 4.69) is 51.9 Å². The Morgan fingerprint density at radius 3 is 2.41 bits per heavy atom. The normalized spacial score (nSPS) is 26.5. The molecule has 0 saturated carbocycles. The van der Waals surface area contributed by atoms with Gasteiger partial charge in [0.1, 0.15) is 5.76 Å². The molecule has 22 heavy (non-hydrogen) atoms. The fourth-order valence-electron chi connectivity index (χ4n) is 3.45. The van der Waals surface area contributed by atoms with Crippen molar-refractivity contribution >= 4 is 0 Å². The van der Waals surface area contributed by atoms with Crippen LogP contribution in [0.4, 0.5) is 0 Å². The van der Waals surface area contributed by atoms with E-state index in [1.165, 1.54) is 5.57 Å². The lowest BCUT2D eigenvalue weighted by molar-refractivity contribution is -0.0528. The summed E-state index contributed by atoms with van der Waals surface area (Å²) >= 11 is 0. The SMILES string of the molecule is CCOC1=CC(CCC2OCCO2)(N(C)C)C(C(C)(C)C)=C1. The van der Waals surface area contributed by atoms with Crippen LogP contribution in [0.2, 0.25) is 0 Å². The topological polar surface area (TPSA) is 30.9 Å². The smallest absolute Gasteiger partial charge is 0.157 e. The number of hydrogen-bond acceptors (Lipinski definition) is 4. The highest BCUT2D eigenvalue weighted by Gasteiger charge is 2.44. The largest absolute Gasteiger partial charge is 0.494 e. The highest BCUT2D eigenvalue weighted by atomic mass is 16.7. The Morgan fingerprint density at radius 1 is 1.27 bits per heavy atom. The van der Waals surface area contributed by atoms with Gasteiger partial charge in [0.05, 0.1) is 25.4 Å². The summed E-state index contributed by atoms with van der Waals surface area (Å²) in [5.74, 6) is 0.981. The lowest BCUT2D eigenvalue weighted by Gasteiger charge is -2.43. The Bertz CT molecular complexity index is 442. The maximum atomic E-state index is 5.80. The predicted octanol–water partition coefficient (Wildman–Crippen LogP) is 3.35. The molecule has 0 aromatic carbocycles. The van der Waals surface area contributed by atoms with Crippen LogP contribution in [0.15, 0.2) is 23.5 Å². The third-order valence-corrected chi connectivity index (χ3v) is 4.50. The van der Waals surface area contributed by atoms with Gasteiger partial charge in [0.25, 0.3) is 0 Å². The molecule has 0 N–H and O–H groups in total. The lowest BCUT2D eigenvalue weighted by atomic mass is 9.73. The molecule has 4 heteroatoms. The van der Waals surface area contributed by atoms with Crippen LogP contribution in [-0.4, -0.2) is 50.6 Å². The summed E-state index contributed by atoms with van der Waals surface area (Å²) in [4.78, 5) is 2.30. The summed E-state index contributed by atoms with van der Waals surface area (Å²) in [6.45, 7) is 10.9. The average Bonchev–Trinajstić information content (AvgIpc) is 3.03. The van der Waals surface area contributed by atoms with Gasteiger partial charge in [-0.05, 0) is 50.6 Å². The molecule has 1 atom stereocenters. The van der Waals surface area contributed by atoms with Crippen molar-refractivity contribution in [2.45, 2.75) is 52.4 Å². The monoisotopic (exact) mass is 309 g/mol. The van der Waals surface area contributed by atoms with Crippen molar-refractivity contribution in [2.24, 2.45) is 5.41 Å². The van der Waals surface area contributed by atoms with Gasteiger partial charge in [-0.3, -0.25) is 4.90 Å². The van der Waals surface area contributed by atoms with E-state index >= 15 is 0 Å². The quantitative estimate of drug-likeness (QED) is 0.753. The molecule has 1 fully saturated rings. The number of rotatable bonds is 6. The van der Waals surface area contributed by atoms with Crippen molar-refractivity contribution in [2.75, 3.05) is 33.9 Å². The van der Waals surface area contributed by atoms with Crippen LogP contribution in [-0.2, 0) is 14.2 Å². The Morgan fingerprint density at radius 2 is 1.91 bits per heavy atom. The van der Waals surface area contributed by atoms with E-state index in [0.717, 1.165) is 18.6 Å². The van der Waals surface area contributed by atoms with Crippen LogP contribution in [0.1, 0.15) is 40.5 Å². The zero-order valence-electron chi connectivity index (χ0n) is 14.9. The summed E-state index contributed by atoms with van der Waals surface area (Å²) in [7, 11) is 4.28. The number of ether oxygens (including phenoxy) is 3. The summed E-state index contributed by atoms with van der Waals surface area (Å²) in [6, 6.07) is 0. The molecule has 1 aliphatic heterocycles. The van der Waals surface area contributed by atoms with Crippen molar-refractivity contribution in [1.82, 2.24) is 4.90 Å². The summed E-state index contributed by atoms with van der Waals surface area (Å²) in [5, 5.41) is 0. The van der Waals surface area contributed by atoms with E-state index in [9.17, 15) is 0 Å². The first-order chi connectivity index (χ1) is 10.3. The highest BCUT2D eigenvalue weighted by molar-refractivity contribution is 5.45. The Balaban J connectivity index is 2.26. The second-order valence-corrected chi connectivity index (χ2v) is 7.32. The van der Waals surface area contributed by atoms with Gasteiger partial charge in [0, 0.05) is 6.42 Å². The van der Waals surface area contributed by atoms with Crippen molar-refractivity contribution < 1.29 is 14.2 Å². The van der Waals surface area contributed by atoms with Gasteiger partial charge < -0.3 is 14.2 Å². The minimum Gasteiger partial charge on any atom is -0.494 e. The van der Waals surface area contributed by atoms with Gasteiger partial charge in [-0.25, -0.2) is 0 Å². The van der Waals surface area contributed by atoms with Crippen LogP contribution in [0.5, 0.6) is 0 Å². The van der Waals surface area contributed by atoms with E-state index in [0.29, 0.717) is 19.8 Å². The van der Waals surface area contributed by atoms with Gasteiger partial charge in [-0.15, -0.1) is 0 Å². The molecular formula is C18H31NO3. The zero-order chi connectivity index (χ0) is 16.4. The molecule has 0 amide bonds. The van der Waals surface area contributed by atoms with E-state index in [-0.39, 0.29) is 17.2 Å². The van der Waals surface area contributed by atoms with Crippen LogP contribution >= 0.6 is 0 Å². The Labute approximate surface area is 135 Å². The molecule has 0 radical (unpaired) electrons. The molecule has 0 aromatic rings. The number of hydrogen-bond donors (Lipinski definition) is 0. The van der Waals surface area contributed by atoms with Crippen molar-refractivity contribution in [1.29, 1.82) is 0 Å². The third-order valence-electron chi connectivity index (χ3n) is 4.50. The Hall–Kier alpha value is -0.840. The van der Waals surface area contributed by atoms with E-state index in [1.807, 2.05) is 6.92 Å². The van der Waals surface area contributed by atoms with Crippen LogP contribution in [0.3, 0.4) is 0 Å². The first kappa shape index (κ1) is 17.5. The number of likely N-dealkylation sites (N-methyl/N-ethyl adjacent to an activating group) is 1. The molecule has 0 spiro atoms. The fraction of sp³-hybridized carbons (Fsp3) is 0.778. The van der Waals surface area contributed by atoms with Crippen LogP contribution < -0.4 is 0 Å². The minimum atomic E-state index is -0.127. The standard InChI is InChI=1S/C18H31NO3/c1-7-20-14-12-15(17(2,3)4)18(13-14,19(5)6)9-8-16-21-10-11-22-16/h12-13,16H,7-11H2,1-6H3. The highest BCUT2D eigenvalue weighted by Crippen LogP contribution is 2.46. The zero-order valence-corrected chi connectivity index (χ0v) is 14.9. The maximum absolute atomic E-state index is 5.80. The molecule has 0 bridgehead atoms. The number of nitrogens with zero attached hydrogens (tertiary/aromatic N) is 1. The summed E-state index contributed by atoms with van der Waals surface area (Å²) < 4.78 is 17.0. The second kappa shape index (κ2) is 6.73. The van der Waals surface area contributed by atoms with Gasteiger partial charge in [0.15, 0.2) is 6.29 Å². The molecule has 1 saturated heterocycles. The van der Waals surface area contributed by atoms with Gasteiger partial charge in [0.2, 0.25) is 0 Å². The van der Waals surface area contributed by atoms with Crippen molar-refractivity contribution in [3.05, 3.63) is 23.5 Å². The minimum absolute atomic E-state index is 0.0670.